The first kappa shape index (κ1) is 19.8. The molecule has 2 rings (SSSR count). The predicted molar refractivity (Wildman–Crippen MR) is 102 cm³/mol. The van der Waals surface area contributed by atoms with Crippen LogP contribution >= 0.6 is 15.9 Å². The highest BCUT2D eigenvalue weighted by Crippen LogP contribution is 2.49. The molecule has 0 amide bonds. The number of hydrogen-bond donors (Lipinski definition) is 0. The summed E-state index contributed by atoms with van der Waals surface area (Å²) in [6, 6.07) is 16.3. The largest absolute Gasteiger partial charge is 0.401 e. The van der Waals surface area contributed by atoms with E-state index in [1.807, 2.05) is 51.1 Å². The molecule has 0 fully saturated rings. The van der Waals surface area contributed by atoms with Crippen molar-refractivity contribution in [2.75, 3.05) is 0 Å². The van der Waals surface area contributed by atoms with Crippen LogP contribution in [0.15, 0.2) is 65.7 Å². The highest BCUT2D eigenvalue weighted by molar-refractivity contribution is 9.11. The summed E-state index contributed by atoms with van der Waals surface area (Å²) < 4.78 is 42.4. The van der Waals surface area contributed by atoms with E-state index in [2.05, 4.69) is 15.9 Å². The second-order valence-electron chi connectivity index (χ2n) is 7.44. The molecular formula is C21H22BrF3. The van der Waals surface area contributed by atoms with Crippen LogP contribution in [0.3, 0.4) is 0 Å². The Morgan fingerprint density at radius 1 is 0.840 bits per heavy atom. The highest BCUT2D eigenvalue weighted by Gasteiger charge is 2.55. The Kier molecular flexibility index (Phi) is 5.82. The predicted octanol–water partition coefficient (Wildman–Crippen LogP) is 7.50. The summed E-state index contributed by atoms with van der Waals surface area (Å²) in [6.45, 7) is 5.48. The van der Waals surface area contributed by atoms with Gasteiger partial charge in [-0.1, -0.05) is 97.4 Å². The SMILES string of the molecule is CC(C)(C)CC(C=CBr)(c1ccc(-c2ccccc2)cc1)C(F)(F)F. The molecule has 25 heavy (non-hydrogen) atoms. The normalized spacial score (nSPS) is 15.3. The Morgan fingerprint density at radius 3 is 1.80 bits per heavy atom. The summed E-state index contributed by atoms with van der Waals surface area (Å²) in [6.07, 6.45) is -3.20. The van der Waals surface area contributed by atoms with Crippen molar-refractivity contribution in [3.63, 3.8) is 0 Å². The van der Waals surface area contributed by atoms with E-state index in [9.17, 15) is 13.2 Å². The van der Waals surface area contributed by atoms with E-state index in [0.717, 1.165) is 11.1 Å². The van der Waals surface area contributed by atoms with Crippen LogP contribution in [0.1, 0.15) is 32.8 Å². The van der Waals surface area contributed by atoms with E-state index >= 15 is 0 Å². The van der Waals surface area contributed by atoms with Gasteiger partial charge in [0.1, 0.15) is 5.41 Å². The van der Waals surface area contributed by atoms with Crippen LogP contribution in [0, 0.1) is 5.41 Å². The molecule has 0 aliphatic carbocycles. The summed E-state index contributed by atoms with van der Waals surface area (Å²) in [7, 11) is 0. The fourth-order valence-corrected chi connectivity index (χ4v) is 3.60. The molecule has 0 aliphatic rings. The maximum atomic E-state index is 14.1. The van der Waals surface area contributed by atoms with Gasteiger partial charge >= 0.3 is 6.18 Å². The second-order valence-corrected chi connectivity index (χ2v) is 7.97. The van der Waals surface area contributed by atoms with E-state index in [1.54, 1.807) is 24.3 Å². The lowest BCUT2D eigenvalue weighted by molar-refractivity contribution is -0.183. The first-order valence-corrected chi connectivity index (χ1v) is 9.01. The van der Waals surface area contributed by atoms with Crippen molar-refractivity contribution in [3.8, 4) is 11.1 Å². The van der Waals surface area contributed by atoms with Crippen molar-refractivity contribution in [2.24, 2.45) is 5.41 Å². The van der Waals surface area contributed by atoms with Gasteiger partial charge in [-0.05, 0) is 33.5 Å². The van der Waals surface area contributed by atoms with Gasteiger partial charge < -0.3 is 0 Å². The van der Waals surface area contributed by atoms with Crippen molar-refractivity contribution < 1.29 is 13.2 Å². The minimum absolute atomic E-state index is 0.0315. The van der Waals surface area contributed by atoms with Crippen LogP contribution in [-0.4, -0.2) is 6.18 Å². The van der Waals surface area contributed by atoms with Crippen LogP contribution in [-0.2, 0) is 5.41 Å². The van der Waals surface area contributed by atoms with E-state index < -0.39 is 17.0 Å². The first-order valence-electron chi connectivity index (χ1n) is 8.10. The molecule has 0 aliphatic heterocycles. The quantitative estimate of drug-likeness (QED) is 0.489. The van der Waals surface area contributed by atoms with Gasteiger partial charge in [-0.2, -0.15) is 13.2 Å². The van der Waals surface area contributed by atoms with Gasteiger partial charge in [0.05, 0.1) is 0 Å². The zero-order valence-corrected chi connectivity index (χ0v) is 16.2. The van der Waals surface area contributed by atoms with E-state index in [0.29, 0.717) is 0 Å². The smallest absolute Gasteiger partial charge is 0.170 e. The highest BCUT2D eigenvalue weighted by atomic mass is 79.9. The Labute approximate surface area is 155 Å². The monoisotopic (exact) mass is 410 g/mol. The number of alkyl halides is 3. The minimum atomic E-state index is -4.39. The van der Waals surface area contributed by atoms with Crippen molar-refractivity contribution in [3.05, 3.63) is 71.2 Å². The van der Waals surface area contributed by atoms with Crippen LogP contribution in [0.2, 0.25) is 0 Å². The number of rotatable bonds is 4. The molecule has 0 nitrogen and oxygen atoms in total. The molecule has 0 saturated carbocycles. The van der Waals surface area contributed by atoms with Gasteiger partial charge in [0, 0.05) is 0 Å². The first-order chi connectivity index (χ1) is 11.6. The van der Waals surface area contributed by atoms with Crippen LogP contribution in [0.5, 0.6) is 0 Å². The molecule has 1 unspecified atom stereocenters. The maximum Gasteiger partial charge on any atom is 0.401 e. The average molecular weight is 411 g/mol. The lowest BCUT2D eigenvalue weighted by Gasteiger charge is -2.38. The zero-order valence-electron chi connectivity index (χ0n) is 14.6. The van der Waals surface area contributed by atoms with Crippen molar-refractivity contribution in [1.82, 2.24) is 0 Å². The van der Waals surface area contributed by atoms with E-state index in [4.69, 9.17) is 0 Å². The lowest BCUT2D eigenvalue weighted by atomic mass is 9.69. The minimum Gasteiger partial charge on any atom is -0.170 e. The number of allylic oxidation sites excluding steroid dienone is 1. The zero-order chi connectivity index (χ0) is 18.7. The molecule has 134 valence electrons. The van der Waals surface area contributed by atoms with Gasteiger partial charge in [0.25, 0.3) is 0 Å². The molecule has 0 radical (unpaired) electrons. The number of halogens is 4. The third-order valence-corrected chi connectivity index (χ3v) is 4.43. The Balaban J connectivity index is 2.54. The standard InChI is InChI=1S/C21H22BrF3/c1-19(2,3)15-20(13-14-22,21(23,24)25)18-11-9-17(10-12-18)16-7-5-4-6-8-16/h4-14H,15H2,1-3H3. The van der Waals surface area contributed by atoms with Crippen molar-refractivity contribution >= 4 is 15.9 Å². The summed E-state index contributed by atoms with van der Waals surface area (Å²) in [5, 5.41) is 0. The molecule has 1 atom stereocenters. The van der Waals surface area contributed by atoms with E-state index in [1.165, 1.54) is 11.1 Å². The molecule has 0 bridgehead atoms. The van der Waals surface area contributed by atoms with Crippen LogP contribution < -0.4 is 0 Å². The van der Waals surface area contributed by atoms with Crippen LogP contribution in [0.4, 0.5) is 13.2 Å². The molecule has 0 heterocycles. The van der Waals surface area contributed by atoms with Crippen molar-refractivity contribution in [1.29, 1.82) is 0 Å². The van der Waals surface area contributed by atoms with E-state index in [-0.39, 0.29) is 12.0 Å². The summed E-state index contributed by atoms with van der Waals surface area (Å²) in [5.74, 6) is 0. The van der Waals surface area contributed by atoms with Gasteiger partial charge in [-0.3, -0.25) is 0 Å². The fourth-order valence-electron chi connectivity index (χ4n) is 3.15. The summed E-state index contributed by atoms with van der Waals surface area (Å²) in [4.78, 5) is 1.32. The van der Waals surface area contributed by atoms with Crippen molar-refractivity contribution in [2.45, 2.75) is 38.8 Å². The summed E-state index contributed by atoms with van der Waals surface area (Å²) >= 11 is 3.05. The molecular weight excluding hydrogens is 389 g/mol. The van der Waals surface area contributed by atoms with Crippen LogP contribution in [0.25, 0.3) is 11.1 Å². The van der Waals surface area contributed by atoms with Gasteiger partial charge in [0.15, 0.2) is 0 Å². The Bertz CT molecular complexity index is 710. The molecule has 0 spiro atoms. The molecule has 2 aromatic rings. The van der Waals surface area contributed by atoms with Gasteiger partial charge in [-0.15, -0.1) is 0 Å². The molecule has 4 heteroatoms. The average Bonchev–Trinajstić information content (AvgIpc) is 2.53. The number of hydrogen-bond acceptors (Lipinski definition) is 0. The Morgan fingerprint density at radius 2 is 1.36 bits per heavy atom. The topological polar surface area (TPSA) is 0 Å². The lowest BCUT2D eigenvalue weighted by Crippen LogP contribution is -2.43. The molecule has 0 aromatic heterocycles. The van der Waals surface area contributed by atoms with Gasteiger partial charge in [-0.25, -0.2) is 0 Å². The third kappa shape index (κ3) is 4.55. The fraction of sp³-hybridized carbons (Fsp3) is 0.333. The molecule has 0 N–H and O–H groups in total. The number of benzene rings is 2. The second kappa shape index (κ2) is 7.36. The summed E-state index contributed by atoms with van der Waals surface area (Å²) in [5.41, 5.74) is -0.368. The molecule has 0 saturated heterocycles. The maximum absolute atomic E-state index is 14.1. The van der Waals surface area contributed by atoms with Gasteiger partial charge in [0.2, 0.25) is 0 Å². The Hall–Kier alpha value is -1.55. The molecule has 2 aromatic carbocycles. The third-order valence-electron chi connectivity index (χ3n) is 4.17.